The first kappa shape index (κ1) is 17.5. The van der Waals surface area contributed by atoms with E-state index < -0.39 is 0 Å². The Hall–Kier alpha value is -0.880. The van der Waals surface area contributed by atoms with Crippen molar-refractivity contribution in [3.63, 3.8) is 0 Å². The zero-order valence-electron chi connectivity index (χ0n) is 12.9. The molecule has 0 saturated carbocycles. The molecule has 120 valence electrons. The fraction of sp³-hybridized carbons (Fsp3) is 0.438. The van der Waals surface area contributed by atoms with Crippen molar-refractivity contribution in [3.05, 3.63) is 46.2 Å². The second-order valence-electron chi connectivity index (χ2n) is 6.00. The summed E-state index contributed by atoms with van der Waals surface area (Å²) < 4.78 is 3.03. The van der Waals surface area contributed by atoms with Gasteiger partial charge in [0.1, 0.15) is 0 Å². The van der Waals surface area contributed by atoms with Gasteiger partial charge in [-0.1, -0.05) is 22.9 Å². The lowest BCUT2D eigenvalue weighted by Crippen LogP contribution is -2.28. The van der Waals surface area contributed by atoms with Gasteiger partial charge >= 0.3 is 0 Å². The van der Waals surface area contributed by atoms with E-state index in [9.17, 15) is 0 Å². The van der Waals surface area contributed by atoms with E-state index in [1.807, 2.05) is 16.8 Å². The van der Waals surface area contributed by atoms with Crippen molar-refractivity contribution in [2.45, 2.75) is 26.4 Å². The van der Waals surface area contributed by atoms with Crippen molar-refractivity contribution in [1.82, 2.24) is 14.7 Å². The lowest BCUT2D eigenvalue weighted by Gasteiger charge is -2.14. The highest BCUT2D eigenvalue weighted by molar-refractivity contribution is 9.10. The fourth-order valence-corrected chi connectivity index (χ4v) is 3.11. The van der Waals surface area contributed by atoms with Crippen LogP contribution in [0.2, 0.25) is 0 Å². The quantitative estimate of drug-likeness (QED) is 0.883. The third-order valence-corrected chi connectivity index (χ3v) is 4.76. The summed E-state index contributed by atoms with van der Waals surface area (Å²) in [6.07, 6.45) is 2.13. The molecule has 2 unspecified atom stereocenters. The Morgan fingerprint density at radius 3 is 2.55 bits per heavy atom. The molecule has 1 aromatic carbocycles. The third kappa shape index (κ3) is 3.71. The highest BCUT2D eigenvalue weighted by atomic mass is 79.9. The molecular formula is C16H22BrClN4. The van der Waals surface area contributed by atoms with Gasteiger partial charge in [0.15, 0.2) is 0 Å². The summed E-state index contributed by atoms with van der Waals surface area (Å²) in [6.45, 7) is 7.28. The molecule has 1 saturated heterocycles. The van der Waals surface area contributed by atoms with Crippen molar-refractivity contribution >= 4 is 28.3 Å². The van der Waals surface area contributed by atoms with Crippen LogP contribution >= 0.6 is 28.3 Å². The number of rotatable bonds is 3. The predicted molar refractivity (Wildman–Crippen MR) is 95.7 cm³/mol. The van der Waals surface area contributed by atoms with Crippen LogP contribution < -0.4 is 5.73 Å². The van der Waals surface area contributed by atoms with E-state index in [2.05, 4.69) is 58.1 Å². The Morgan fingerprint density at radius 2 is 1.95 bits per heavy atom. The summed E-state index contributed by atoms with van der Waals surface area (Å²) in [5.41, 5.74) is 9.55. The molecule has 0 spiro atoms. The normalized spacial score (nSPS) is 21.8. The predicted octanol–water partition coefficient (Wildman–Crippen LogP) is 3.14. The van der Waals surface area contributed by atoms with E-state index in [1.54, 1.807) is 0 Å². The summed E-state index contributed by atoms with van der Waals surface area (Å²) in [6, 6.07) is 8.50. The molecule has 1 aromatic heterocycles. The van der Waals surface area contributed by atoms with Crippen LogP contribution in [0.25, 0.3) is 5.69 Å². The second kappa shape index (κ2) is 7.13. The number of nitrogens with two attached hydrogens (primary N) is 1. The van der Waals surface area contributed by atoms with Gasteiger partial charge in [0.25, 0.3) is 0 Å². The van der Waals surface area contributed by atoms with Crippen LogP contribution in [-0.4, -0.2) is 33.8 Å². The van der Waals surface area contributed by atoms with Gasteiger partial charge in [-0.2, -0.15) is 5.10 Å². The summed E-state index contributed by atoms with van der Waals surface area (Å²) >= 11 is 3.46. The number of halogens is 2. The molecule has 2 aromatic rings. The second-order valence-corrected chi connectivity index (χ2v) is 6.91. The number of nitrogens with zero attached hydrogens (tertiary/aromatic N) is 3. The van der Waals surface area contributed by atoms with Gasteiger partial charge in [-0.05, 0) is 37.1 Å². The smallest absolute Gasteiger partial charge is 0.0646 e. The molecule has 4 nitrogen and oxygen atoms in total. The molecule has 6 heteroatoms. The molecule has 2 N–H and O–H groups in total. The lowest BCUT2D eigenvalue weighted by molar-refractivity contribution is 0.318. The van der Waals surface area contributed by atoms with Crippen molar-refractivity contribution < 1.29 is 0 Å². The van der Waals surface area contributed by atoms with E-state index in [4.69, 9.17) is 5.73 Å². The van der Waals surface area contributed by atoms with Crippen molar-refractivity contribution in [2.24, 2.45) is 11.7 Å². The molecule has 2 atom stereocenters. The lowest BCUT2D eigenvalue weighted by atomic mass is 10.1. The number of likely N-dealkylation sites (tertiary alicyclic amines) is 1. The maximum atomic E-state index is 6.10. The van der Waals surface area contributed by atoms with Crippen LogP contribution in [0.3, 0.4) is 0 Å². The number of hydrogen-bond donors (Lipinski definition) is 1. The molecule has 1 fully saturated rings. The summed E-state index contributed by atoms with van der Waals surface area (Å²) in [4.78, 5) is 2.42. The van der Waals surface area contributed by atoms with E-state index in [0.29, 0.717) is 12.0 Å². The van der Waals surface area contributed by atoms with Crippen LogP contribution in [0.5, 0.6) is 0 Å². The van der Waals surface area contributed by atoms with E-state index >= 15 is 0 Å². The molecule has 0 radical (unpaired) electrons. The van der Waals surface area contributed by atoms with Crippen LogP contribution in [0.1, 0.15) is 18.2 Å². The molecule has 0 aliphatic carbocycles. The molecule has 3 rings (SSSR count). The molecule has 0 amide bonds. The summed E-state index contributed by atoms with van der Waals surface area (Å²) in [5, 5.41) is 4.63. The SMILES string of the molecule is Cc1nn(-c2ccc(Br)cc2)cc1CN1CC(C)C(N)C1.Cl. The number of aromatic nitrogens is 2. The summed E-state index contributed by atoms with van der Waals surface area (Å²) in [5.74, 6) is 0.576. The maximum absolute atomic E-state index is 6.10. The van der Waals surface area contributed by atoms with Crippen LogP contribution in [0, 0.1) is 12.8 Å². The first-order chi connectivity index (χ1) is 10.0. The fourth-order valence-electron chi connectivity index (χ4n) is 2.84. The molecule has 2 heterocycles. The Labute approximate surface area is 146 Å². The highest BCUT2D eigenvalue weighted by Gasteiger charge is 2.27. The van der Waals surface area contributed by atoms with Crippen LogP contribution in [-0.2, 0) is 6.54 Å². The number of aryl methyl sites for hydroxylation is 1. The van der Waals surface area contributed by atoms with Crippen molar-refractivity contribution in [1.29, 1.82) is 0 Å². The maximum Gasteiger partial charge on any atom is 0.0646 e. The average molecular weight is 386 g/mol. The standard InChI is InChI=1S/C16H21BrN4.ClH/c1-11-7-20(10-16(11)18)8-13-9-21(19-12(13)2)15-5-3-14(17)4-6-15;/h3-6,9,11,16H,7-8,10,18H2,1-2H3;1H. The van der Waals surface area contributed by atoms with Crippen LogP contribution in [0.15, 0.2) is 34.9 Å². The van der Waals surface area contributed by atoms with Gasteiger partial charge in [0.05, 0.1) is 11.4 Å². The zero-order chi connectivity index (χ0) is 15.0. The van der Waals surface area contributed by atoms with Gasteiger partial charge in [-0.25, -0.2) is 4.68 Å². The minimum Gasteiger partial charge on any atom is -0.326 e. The van der Waals surface area contributed by atoms with Gasteiger partial charge in [-0.15, -0.1) is 12.4 Å². The molecule has 1 aliphatic rings. The van der Waals surface area contributed by atoms with Gasteiger partial charge < -0.3 is 5.73 Å². The average Bonchev–Trinajstić information content (AvgIpc) is 2.95. The van der Waals surface area contributed by atoms with E-state index in [1.165, 1.54) is 5.56 Å². The Kier molecular flexibility index (Phi) is 5.66. The number of hydrogen-bond acceptors (Lipinski definition) is 3. The summed E-state index contributed by atoms with van der Waals surface area (Å²) in [7, 11) is 0. The van der Waals surface area contributed by atoms with Crippen molar-refractivity contribution in [3.8, 4) is 5.69 Å². The first-order valence-corrected chi connectivity index (χ1v) is 8.11. The Morgan fingerprint density at radius 1 is 1.27 bits per heavy atom. The molecule has 0 bridgehead atoms. The molecular weight excluding hydrogens is 364 g/mol. The topological polar surface area (TPSA) is 47.1 Å². The Balaban J connectivity index is 0.00000176. The van der Waals surface area contributed by atoms with Crippen LogP contribution in [0.4, 0.5) is 0 Å². The highest BCUT2D eigenvalue weighted by Crippen LogP contribution is 2.20. The van der Waals surface area contributed by atoms with Gasteiger partial charge in [0.2, 0.25) is 0 Å². The van der Waals surface area contributed by atoms with Crippen molar-refractivity contribution in [2.75, 3.05) is 13.1 Å². The monoisotopic (exact) mass is 384 g/mol. The third-order valence-electron chi connectivity index (χ3n) is 4.23. The van der Waals surface area contributed by atoms with Gasteiger partial charge in [0, 0.05) is 41.9 Å². The van der Waals surface area contributed by atoms with E-state index in [0.717, 1.165) is 35.5 Å². The molecule has 1 aliphatic heterocycles. The Bertz CT molecular complexity index is 616. The minimum absolute atomic E-state index is 0. The molecule has 22 heavy (non-hydrogen) atoms. The largest absolute Gasteiger partial charge is 0.326 e. The first-order valence-electron chi connectivity index (χ1n) is 7.32. The van der Waals surface area contributed by atoms with E-state index in [-0.39, 0.29) is 12.4 Å². The minimum atomic E-state index is 0. The number of benzene rings is 1. The van der Waals surface area contributed by atoms with Gasteiger partial charge in [-0.3, -0.25) is 4.90 Å². The zero-order valence-corrected chi connectivity index (χ0v) is 15.3.